The van der Waals surface area contributed by atoms with Crippen LogP contribution in [0.2, 0.25) is 5.02 Å². The standard InChI is InChI=1S/C17H16ClFN2O3/c1-10-6-7-11(2)14(8-10)24-9-15(22)20-21-17(23)16-12(18)4-3-5-13(16)19/h3-8H,9H2,1-2H3,(H,20,22)(H,21,23). The van der Waals surface area contributed by atoms with Crippen molar-refractivity contribution >= 4 is 23.4 Å². The maximum absolute atomic E-state index is 13.6. The number of carbonyl (C=O) groups excluding carboxylic acids is 2. The van der Waals surface area contributed by atoms with Crippen LogP contribution in [0.1, 0.15) is 21.5 Å². The smallest absolute Gasteiger partial charge is 0.276 e. The monoisotopic (exact) mass is 350 g/mol. The van der Waals surface area contributed by atoms with Crippen LogP contribution in [0.4, 0.5) is 4.39 Å². The van der Waals surface area contributed by atoms with E-state index in [1.165, 1.54) is 12.1 Å². The number of hydrogen-bond acceptors (Lipinski definition) is 3. The predicted molar refractivity (Wildman–Crippen MR) is 88.4 cm³/mol. The van der Waals surface area contributed by atoms with E-state index >= 15 is 0 Å². The quantitative estimate of drug-likeness (QED) is 0.833. The Morgan fingerprint density at radius 1 is 1.17 bits per heavy atom. The van der Waals surface area contributed by atoms with Crippen molar-refractivity contribution in [2.75, 3.05) is 6.61 Å². The van der Waals surface area contributed by atoms with E-state index in [1.54, 1.807) is 6.07 Å². The molecule has 5 nitrogen and oxygen atoms in total. The second-order valence-electron chi connectivity index (χ2n) is 5.16. The highest BCUT2D eigenvalue weighted by Gasteiger charge is 2.16. The van der Waals surface area contributed by atoms with Gasteiger partial charge in [-0.25, -0.2) is 4.39 Å². The van der Waals surface area contributed by atoms with Gasteiger partial charge in [0.05, 0.1) is 10.6 Å². The summed E-state index contributed by atoms with van der Waals surface area (Å²) in [6.07, 6.45) is 0. The van der Waals surface area contributed by atoms with E-state index in [0.29, 0.717) is 5.75 Å². The number of hydrazine groups is 1. The minimum absolute atomic E-state index is 0.0478. The van der Waals surface area contributed by atoms with Crippen molar-refractivity contribution in [2.45, 2.75) is 13.8 Å². The van der Waals surface area contributed by atoms with Crippen LogP contribution in [0.15, 0.2) is 36.4 Å². The van der Waals surface area contributed by atoms with Crippen LogP contribution in [-0.2, 0) is 4.79 Å². The van der Waals surface area contributed by atoms with Crippen LogP contribution in [0.25, 0.3) is 0 Å². The lowest BCUT2D eigenvalue weighted by molar-refractivity contribution is -0.123. The first-order valence-electron chi connectivity index (χ1n) is 7.11. The minimum atomic E-state index is -0.849. The molecule has 0 radical (unpaired) electrons. The molecule has 0 aromatic heterocycles. The van der Waals surface area contributed by atoms with Crippen molar-refractivity contribution in [1.82, 2.24) is 10.9 Å². The summed E-state index contributed by atoms with van der Waals surface area (Å²) in [6, 6.07) is 9.48. The maximum Gasteiger partial charge on any atom is 0.276 e. The van der Waals surface area contributed by atoms with Crippen molar-refractivity contribution in [3.8, 4) is 5.75 Å². The summed E-state index contributed by atoms with van der Waals surface area (Å²) in [4.78, 5) is 23.6. The first-order valence-corrected chi connectivity index (χ1v) is 7.49. The molecule has 0 bridgehead atoms. The highest BCUT2D eigenvalue weighted by molar-refractivity contribution is 6.33. The molecular weight excluding hydrogens is 335 g/mol. The average molecular weight is 351 g/mol. The van der Waals surface area contributed by atoms with E-state index in [9.17, 15) is 14.0 Å². The Hall–Kier alpha value is -2.60. The van der Waals surface area contributed by atoms with Gasteiger partial charge < -0.3 is 4.74 Å². The fraction of sp³-hybridized carbons (Fsp3) is 0.176. The van der Waals surface area contributed by atoms with Crippen LogP contribution in [-0.4, -0.2) is 18.4 Å². The number of benzene rings is 2. The molecule has 0 fully saturated rings. The Morgan fingerprint density at radius 3 is 2.62 bits per heavy atom. The highest BCUT2D eigenvalue weighted by Crippen LogP contribution is 2.19. The van der Waals surface area contributed by atoms with Gasteiger partial charge in [0.15, 0.2) is 6.61 Å². The van der Waals surface area contributed by atoms with Gasteiger partial charge >= 0.3 is 0 Å². The lowest BCUT2D eigenvalue weighted by Crippen LogP contribution is -2.44. The highest BCUT2D eigenvalue weighted by atomic mass is 35.5. The molecule has 0 aliphatic carbocycles. The van der Waals surface area contributed by atoms with Gasteiger partial charge in [-0.15, -0.1) is 0 Å². The van der Waals surface area contributed by atoms with Crippen molar-refractivity contribution in [1.29, 1.82) is 0 Å². The molecule has 126 valence electrons. The van der Waals surface area contributed by atoms with E-state index in [0.717, 1.165) is 17.2 Å². The zero-order chi connectivity index (χ0) is 17.7. The van der Waals surface area contributed by atoms with Gasteiger partial charge in [-0.1, -0.05) is 29.8 Å². The van der Waals surface area contributed by atoms with Gasteiger partial charge in [-0.2, -0.15) is 0 Å². The molecule has 0 saturated carbocycles. The van der Waals surface area contributed by atoms with Gasteiger partial charge in [0.25, 0.3) is 11.8 Å². The summed E-state index contributed by atoms with van der Waals surface area (Å²) in [6.45, 7) is 3.47. The number of hydrogen-bond donors (Lipinski definition) is 2. The molecule has 0 heterocycles. The Labute approximate surface area is 143 Å². The maximum atomic E-state index is 13.6. The molecular formula is C17H16ClFN2O3. The average Bonchev–Trinajstić information content (AvgIpc) is 2.53. The number of ether oxygens (including phenoxy) is 1. The summed E-state index contributed by atoms with van der Waals surface area (Å²) in [7, 11) is 0. The lowest BCUT2D eigenvalue weighted by Gasteiger charge is -2.11. The molecule has 2 aromatic rings. The molecule has 0 atom stereocenters. The Bertz CT molecular complexity index is 760. The topological polar surface area (TPSA) is 67.4 Å². The van der Waals surface area contributed by atoms with Crippen molar-refractivity contribution in [3.05, 3.63) is 63.9 Å². The molecule has 0 spiro atoms. The number of halogens is 2. The Balaban J connectivity index is 1.89. The van der Waals surface area contributed by atoms with Crippen LogP contribution in [0.5, 0.6) is 5.75 Å². The first kappa shape index (κ1) is 17.7. The van der Waals surface area contributed by atoms with Crippen molar-refractivity contribution in [3.63, 3.8) is 0 Å². The van der Waals surface area contributed by atoms with Crippen molar-refractivity contribution in [2.24, 2.45) is 0 Å². The summed E-state index contributed by atoms with van der Waals surface area (Å²) in [5, 5.41) is -0.0478. The minimum Gasteiger partial charge on any atom is -0.483 e. The molecule has 0 saturated heterocycles. The molecule has 0 unspecified atom stereocenters. The summed E-state index contributed by atoms with van der Waals surface area (Å²) >= 11 is 5.77. The van der Waals surface area contributed by atoms with E-state index < -0.39 is 17.6 Å². The van der Waals surface area contributed by atoms with Gasteiger partial charge in [0.1, 0.15) is 11.6 Å². The summed E-state index contributed by atoms with van der Waals surface area (Å²) < 4.78 is 19.0. The normalized spacial score (nSPS) is 10.2. The molecule has 7 heteroatoms. The zero-order valence-corrected chi connectivity index (χ0v) is 13.9. The van der Waals surface area contributed by atoms with E-state index in [-0.39, 0.29) is 17.2 Å². The number of nitrogens with one attached hydrogen (secondary N) is 2. The third kappa shape index (κ3) is 4.45. The Kier molecular flexibility index (Phi) is 5.76. The number of carbonyl (C=O) groups is 2. The number of amides is 2. The number of rotatable bonds is 4. The van der Waals surface area contributed by atoms with Gasteiger partial charge in [-0.05, 0) is 43.2 Å². The van der Waals surface area contributed by atoms with Crippen LogP contribution in [0.3, 0.4) is 0 Å². The molecule has 0 aliphatic rings. The fourth-order valence-corrected chi connectivity index (χ4v) is 2.19. The molecule has 2 rings (SSSR count). The largest absolute Gasteiger partial charge is 0.483 e. The summed E-state index contributed by atoms with van der Waals surface area (Å²) in [5.74, 6) is -1.63. The van der Waals surface area contributed by atoms with Crippen LogP contribution in [0, 0.1) is 19.7 Å². The lowest BCUT2D eigenvalue weighted by atomic mass is 10.1. The number of aryl methyl sites for hydroxylation is 2. The molecule has 24 heavy (non-hydrogen) atoms. The zero-order valence-electron chi connectivity index (χ0n) is 13.2. The van der Waals surface area contributed by atoms with Gasteiger partial charge in [-0.3, -0.25) is 20.4 Å². The predicted octanol–water partition coefficient (Wildman–Crippen LogP) is 2.94. The van der Waals surface area contributed by atoms with E-state index in [4.69, 9.17) is 16.3 Å². The van der Waals surface area contributed by atoms with Gasteiger partial charge in [0, 0.05) is 0 Å². The SMILES string of the molecule is Cc1ccc(C)c(OCC(=O)NNC(=O)c2c(F)cccc2Cl)c1. The fourth-order valence-electron chi connectivity index (χ4n) is 1.95. The second kappa shape index (κ2) is 7.79. The van der Waals surface area contributed by atoms with Gasteiger partial charge in [0.2, 0.25) is 0 Å². The molecule has 2 N–H and O–H groups in total. The second-order valence-corrected chi connectivity index (χ2v) is 5.56. The third-order valence-electron chi connectivity index (χ3n) is 3.21. The first-order chi connectivity index (χ1) is 11.4. The molecule has 2 aromatic carbocycles. The Morgan fingerprint density at radius 2 is 1.92 bits per heavy atom. The van der Waals surface area contributed by atoms with Crippen molar-refractivity contribution < 1.29 is 18.7 Å². The van der Waals surface area contributed by atoms with E-state index in [2.05, 4.69) is 10.9 Å². The van der Waals surface area contributed by atoms with Crippen LogP contribution < -0.4 is 15.6 Å². The van der Waals surface area contributed by atoms with Crippen LogP contribution >= 0.6 is 11.6 Å². The summed E-state index contributed by atoms with van der Waals surface area (Å²) in [5.41, 5.74) is 5.80. The molecule has 2 amide bonds. The third-order valence-corrected chi connectivity index (χ3v) is 3.52. The molecule has 0 aliphatic heterocycles. The van der Waals surface area contributed by atoms with E-state index in [1.807, 2.05) is 26.0 Å².